The second kappa shape index (κ2) is 6.33. The van der Waals surface area contributed by atoms with Gasteiger partial charge in [0.2, 0.25) is 0 Å². The summed E-state index contributed by atoms with van der Waals surface area (Å²) in [4.78, 5) is 0.199. The summed E-state index contributed by atoms with van der Waals surface area (Å²) in [7, 11) is -3.68. The van der Waals surface area contributed by atoms with Crippen LogP contribution in [0, 0.1) is 17.4 Å². The lowest BCUT2D eigenvalue weighted by molar-refractivity contribution is 0.281. The average Bonchev–Trinajstić information content (AvgIpc) is 2.41. The van der Waals surface area contributed by atoms with E-state index in [1.807, 2.05) is 13.0 Å². The normalized spacial score (nSPS) is 11.4. The van der Waals surface area contributed by atoms with Gasteiger partial charge in [0.15, 0.2) is 0 Å². The maximum absolute atomic E-state index is 12.6. The van der Waals surface area contributed by atoms with Crippen molar-refractivity contribution in [3.05, 3.63) is 56.7 Å². The van der Waals surface area contributed by atoms with E-state index in [2.05, 4.69) is 27.3 Å². The highest BCUT2D eigenvalue weighted by atomic mass is 127. The second-order valence-electron chi connectivity index (χ2n) is 4.81. The molecule has 112 valence electrons. The minimum Gasteiger partial charge on any atom is -0.392 e. The van der Waals surface area contributed by atoms with Gasteiger partial charge in [0.25, 0.3) is 10.0 Å². The van der Waals surface area contributed by atoms with Crippen LogP contribution in [0.15, 0.2) is 41.3 Å². The summed E-state index contributed by atoms with van der Waals surface area (Å²) in [5.41, 5.74) is 2.63. The standard InChI is InChI=1S/C15H16INO3S/c1-10-6-12(9-18)7-15(11(10)2)21(19,20)17-14-5-3-4-13(16)8-14/h3-8,17-18H,9H2,1-2H3. The Hall–Kier alpha value is -1.12. The molecule has 2 aromatic rings. The Balaban J connectivity index is 2.47. The summed E-state index contributed by atoms with van der Waals surface area (Å²) in [6, 6.07) is 10.5. The third kappa shape index (κ3) is 3.75. The van der Waals surface area contributed by atoms with Gasteiger partial charge in [0, 0.05) is 9.26 Å². The van der Waals surface area contributed by atoms with E-state index >= 15 is 0 Å². The molecule has 0 aromatic heterocycles. The van der Waals surface area contributed by atoms with E-state index in [0.717, 1.165) is 9.13 Å². The third-order valence-electron chi connectivity index (χ3n) is 3.23. The predicted molar refractivity (Wildman–Crippen MR) is 91.8 cm³/mol. The molecular weight excluding hydrogens is 401 g/mol. The number of hydrogen-bond donors (Lipinski definition) is 2. The van der Waals surface area contributed by atoms with Crippen LogP contribution in [0.2, 0.25) is 0 Å². The topological polar surface area (TPSA) is 66.4 Å². The molecule has 0 aliphatic rings. The van der Waals surface area contributed by atoms with E-state index in [0.29, 0.717) is 16.8 Å². The van der Waals surface area contributed by atoms with Crippen LogP contribution in [0.25, 0.3) is 0 Å². The van der Waals surface area contributed by atoms with Crippen LogP contribution in [0.4, 0.5) is 5.69 Å². The maximum atomic E-state index is 12.6. The SMILES string of the molecule is Cc1cc(CO)cc(S(=O)(=O)Nc2cccc(I)c2)c1C. The zero-order chi connectivity index (χ0) is 15.6. The van der Waals surface area contributed by atoms with Crippen LogP contribution < -0.4 is 4.72 Å². The van der Waals surface area contributed by atoms with Crippen LogP contribution in [-0.4, -0.2) is 13.5 Å². The number of nitrogens with one attached hydrogen (secondary N) is 1. The first-order valence-electron chi connectivity index (χ1n) is 6.33. The van der Waals surface area contributed by atoms with Crippen molar-refractivity contribution < 1.29 is 13.5 Å². The quantitative estimate of drug-likeness (QED) is 0.752. The van der Waals surface area contributed by atoms with Crippen molar-refractivity contribution in [1.29, 1.82) is 0 Å². The van der Waals surface area contributed by atoms with Gasteiger partial charge in [-0.1, -0.05) is 12.1 Å². The predicted octanol–water partition coefficient (Wildman–Crippen LogP) is 3.20. The van der Waals surface area contributed by atoms with Crippen molar-refractivity contribution in [2.45, 2.75) is 25.3 Å². The van der Waals surface area contributed by atoms with Crippen molar-refractivity contribution in [2.75, 3.05) is 4.72 Å². The molecule has 0 bridgehead atoms. The fraction of sp³-hybridized carbons (Fsp3) is 0.200. The smallest absolute Gasteiger partial charge is 0.262 e. The maximum Gasteiger partial charge on any atom is 0.262 e. The molecule has 21 heavy (non-hydrogen) atoms. The number of anilines is 1. The van der Waals surface area contributed by atoms with E-state index in [1.165, 1.54) is 6.07 Å². The molecule has 6 heteroatoms. The van der Waals surface area contributed by atoms with Gasteiger partial charge in [0.05, 0.1) is 11.5 Å². The first-order chi connectivity index (χ1) is 9.83. The number of rotatable bonds is 4. The molecular formula is C15H16INO3S. The Morgan fingerprint density at radius 3 is 2.52 bits per heavy atom. The molecule has 2 aromatic carbocycles. The van der Waals surface area contributed by atoms with Crippen LogP contribution in [-0.2, 0) is 16.6 Å². The average molecular weight is 417 g/mol. The van der Waals surface area contributed by atoms with Gasteiger partial charge in [0.1, 0.15) is 0 Å². The number of aliphatic hydroxyl groups is 1. The number of benzene rings is 2. The molecule has 0 atom stereocenters. The van der Waals surface area contributed by atoms with Gasteiger partial charge in [-0.2, -0.15) is 0 Å². The lowest BCUT2D eigenvalue weighted by Crippen LogP contribution is -2.15. The van der Waals surface area contributed by atoms with Crippen LogP contribution in [0.5, 0.6) is 0 Å². The molecule has 0 fully saturated rings. The highest BCUT2D eigenvalue weighted by Gasteiger charge is 2.19. The van der Waals surface area contributed by atoms with Crippen molar-refractivity contribution in [3.8, 4) is 0 Å². The Morgan fingerprint density at radius 1 is 1.19 bits per heavy atom. The van der Waals surface area contributed by atoms with E-state index < -0.39 is 10.0 Å². The van der Waals surface area contributed by atoms with E-state index in [1.54, 1.807) is 31.2 Å². The zero-order valence-corrected chi connectivity index (χ0v) is 14.7. The summed E-state index contributed by atoms with van der Waals surface area (Å²) in [6.07, 6.45) is 0. The zero-order valence-electron chi connectivity index (χ0n) is 11.7. The number of aliphatic hydroxyl groups excluding tert-OH is 1. The molecule has 4 nitrogen and oxygen atoms in total. The summed E-state index contributed by atoms with van der Waals surface area (Å²) in [5, 5.41) is 9.25. The van der Waals surface area contributed by atoms with Gasteiger partial charge in [-0.15, -0.1) is 0 Å². The number of aryl methyl sites for hydroxylation is 1. The molecule has 0 radical (unpaired) electrons. The summed E-state index contributed by atoms with van der Waals surface area (Å²) < 4.78 is 28.6. The molecule has 2 rings (SSSR count). The van der Waals surface area contributed by atoms with Crippen molar-refractivity contribution >= 4 is 38.3 Å². The van der Waals surface area contributed by atoms with Gasteiger partial charge < -0.3 is 5.11 Å². The molecule has 0 heterocycles. The van der Waals surface area contributed by atoms with Crippen molar-refractivity contribution in [3.63, 3.8) is 0 Å². The van der Waals surface area contributed by atoms with E-state index in [-0.39, 0.29) is 11.5 Å². The summed E-state index contributed by atoms with van der Waals surface area (Å²) in [5.74, 6) is 0. The molecule has 0 amide bonds. The van der Waals surface area contributed by atoms with Gasteiger partial charge in [-0.3, -0.25) is 4.72 Å². The van der Waals surface area contributed by atoms with Crippen LogP contribution in [0.1, 0.15) is 16.7 Å². The Labute approximate surface area is 138 Å². The Morgan fingerprint density at radius 2 is 1.90 bits per heavy atom. The minimum atomic E-state index is -3.68. The summed E-state index contributed by atoms with van der Waals surface area (Å²) >= 11 is 2.13. The molecule has 0 saturated carbocycles. The molecule has 2 N–H and O–H groups in total. The Bertz CT molecular complexity index is 772. The fourth-order valence-corrected chi connectivity index (χ4v) is 3.99. The molecule has 0 unspecified atom stereocenters. The molecule has 0 aliphatic carbocycles. The minimum absolute atomic E-state index is 0.188. The Kier molecular flexibility index (Phi) is 4.90. The molecule has 0 spiro atoms. The fourth-order valence-electron chi connectivity index (χ4n) is 2.03. The van der Waals surface area contributed by atoms with E-state index in [9.17, 15) is 13.5 Å². The molecule has 0 aliphatic heterocycles. The summed E-state index contributed by atoms with van der Waals surface area (Å²) in [6.45, 7) is 3.41. The highest BCUT2D eigenvalue weighted by molar-refractivity contribution is 14.1. The number of halogens is 1. The van der Waals surface area contributed by atoms with Gasteiger partial charge in [-0.05, 0) is 77.4 Å². The number of sulfonamides is 1. The first kappa shape index (κ1) is 16.3. The lowest BCUT2D eigenvalue weighted by Gasteiger charge is -2.14. The van der Waals surface area contributed by atoms with Gasteiger partial charge in [-0.25, -0.2) is 8.42 Å². The monoisotopic (exact) mass is 417 g/mol. The second-order valence-corrected chi connectivity index (χ2v) is 7.71. The third-order valence-corrected chi connectivity index (χ3v) is 5.41. The van der Waals surface area contributed by atoms with Crippen LogP contribution in [0.3, 0.4) is 0 Å². The molecule has 0 saturated heterocycles. The lowest BCUT2D eigenvalue weighted by atomic mass is 10.1. The van der Waals surface area contributed by atoms with Gasteiger partial charge >= 0.3 is 0 Å². The van der Waals surface area contributed by atoms with Crippen molar-refractivity contribution in [2.24, 2.45) is 0 Å². The first-order valence-corrected chi connectivity index (χ1v) is 8.89. The highest BCUT2D eigenvalue weighted by Crippen LogP contribution is 2.24. The van der Waals surface area contributed by atoms with Crippen molar-refractivity contribution in [1.82, 2.24) is 0 Å². The van der Waals surface area contributed by atoms with Crippen LogP contribution >= 0.6 is 22.6 Å². The largest absolute Gasteiger partial charge is 0.392 e. The number of hydrogen-bond acceptors (Lipinski definition) is 3. The van der Waals surface area contributed by atoms with E-state index in [4.69, 9.17) is 0 Å².